The van der Waals surface area contributed by atoms with Gasteiger partial charge in [-0.2, -0.15) is 4.31 Å². The Hall–Kier alpha value is -1.71. The molecular weight excluding hydrogens is 395 g/mol. The van der Waals surface area contributed by atoms with Gasteiger partial charge in [-0.15, -0.1) is 0 Å². The molecule has 0 amide bonds. The molecule has 0 spiro atoms. The van der Waals surface area contributed by atoms with Crippen LogP contribution < -0.4 is 10.6 Å². The number of nitrogens with zero attached hydrogens (tertiary/aromatic N) is 2. The Morgan fingerprint density at radius 1 is 1.28 bits per heavy atom. The first-order valence-corrected chi connectivity index (χ1v) is 11.7. The quantitative estimate of drug-likeness (QED) is 0.486. The molecule has 1 heterocycles. The van der Waals surface area contributed by atoms with Crippen LogP contribution in [-0.4, -0.2) is 69.4 Å². The van der Waals surface area contributed by atoms with Gasteiger partial charge in [0, 0.05) is 26.2 Å². The van der Waals surface area contributed by atoms with Crippen molar-refractivity contribution in [1.82, 2.24) is 14.9 Å². The second-order valence-electron chi connectivity index (χ2n) is 7.40. The summed E-state index contributed by atoms with van der Waals surface area (Å²) in [5.41, 5.74) is 1.97. The summed E-state index contributed by atoms with van der Waals surface area (Å²) >= 11 is 0. The molecule has 2 rings (SSSR count). The molecule has 0 radical (unpaired) electrons. The van der Waals surface area contributed by atoms with Crippen molar-refractivity contribution in [2.45, 2.75) is 46.3 Å². The minimum atomic E-state index is -3.38. The molecule has 1 fully saturated rings. The highest BCUT2D eigenvalue weighted by molar-refractivity contribution is 7.89. The third-order valence-electron chi connectivity index (χ3n) is 4.73. The largest absolute Gasteiger partial charge is 0.373 e. The van der Waals surface area contributed by atoms with Crippen LogP contribution in [0.1, 0.15) is 31.9 Å². The number of morpholine rings is 1. The van der Waals surface area contributed by atoms with Crippen molar-refractivity contribution in [2.75, 3.05) is 38.5 Å². The van der Waals surface area contributed by atoms with Gasteiger partial charge in [0.15, 0.2) is 5.96 Å². The molecule has 2 atom stereocenters. The number of hydrogen-bond donors (Lipinski definition) is 2. The standard InChI is InChI=1S/C20H33FN4O3S/c1-5-22-20(23-9-8-18-6-7-19(21)12-15(18)2)24-10-11-29(26,27)25-13-16(3)28-17(4)14-25/h6-7,12,16-17H,5,8-11,13-14H2,1-4H3,(H2,22,23,24). The second kappa shape index (κ2) is 10.9. The molecule has 2 unspecified atom stereocenters. The summed E-state index contributed by atoms with van der Waals surface area (Å²) in [6, 6.07) is 4.76. The van der Waals surface area contributed by atoms with Crippen LogP contribution in [0, 0.1) is 12.7 Å². The Morgan fingerprint density at radius 2 is 1.97 bits per heavy atom. The highest BCUT2D eigenvalue weighted by atomic mass is 32.2. The average molecular weight is 429 g/mol. The molecule has 1 saturated heterocycles. The third kappa shape index (κ3) is 7.56. The number of aryl methyl sites for hydroxylation is 1. The lowest BCUT2D eigenvalue weighted by Crippen LogP contribution is -2.49. The van der Waals surface area contributed by atoms with Crippen LogP contribution in [0.15, 0.2) is 23.2 Å². The maximum atomic E-state index is 13.2. The van der Waals surface area contributed by atoms with Crippen LogP contribution >= 0.6 is 0 Å². The first-order chi connectivity index (χ1) is 13.7. The van der Waals surface area contributed by atoms with Crippen LogP contribution in [0.2, 0.25) is 0 Å². The van der Waals surface area contributed by atoms with E-state index >= 15 is 0 Å². The topological polar surface area (TPSA) is 83.0 Å². The molecule has 0 saturated carbocycles. The zero-order chi connectivity index (χ0) is 21.4. The van der Waals surface area contributed by atoms with Gasteiger partial charge in [-0.25, -0.2) is 12.8 Å². The molecule has 29 heavy (non-hydrogen) atoms. The van der Waals surface area contributed by atoms with Gasteiger partial charge in [0.05, 0.1) is 24.5 Å². The number of nitrogens with one attached hydrogen (secondary N) is 2. The van der Waals surface area contributed by atoms with Gasteiger partial charge < -0.3 is 15.4 Å². The molecule has 2 N–H and O–H groups in total. The maximum absolute atomic E-state index is 13.2. The highest BCUT2D eigenvalue weighted by Crippen LogP contribution is 2.15. The smallest absolute Gasteiger partial charge is 0.216 e. The molecule has 1 aliphatic heterocycles. The maximum Gasteiger partial charge on any atom is 0.216 e. The zero-order valence-electron chi connectivity index (χ0n) is 17.7. The van der Waals surface area contributed by atoms with Crippen LogP contribution in [-0.2, 0) is 21.2 Å². The van der Waals surface area contributed by atoms with Crippen molar-refractivity contribution >= 4 is 16.0 Å². The Labute approximate surface area is 173 Å². The summed E-state index contributed by atoms with van der Waals surface area (Å²) in [5, 5.41) is 6.33. The van der Waals surface area contributed by atoms with Crippen molar-refractivity contribution in [1.29, 1.82) is 0 Å². The van der Waals surface area contributed by atoms with Crippen molar-refractivity contribution < 1.29 is 17.5 Å². The molecule has 0 aromatic heterocycles. The number of hydrogen-bond acceptors (Lipinski definition) is 4. The summed E-state index contributed by atoms with van der Waals surface area (Å²) in [4.78, 5) is 4.40. The van der Waals surface area contributed by atoms with E-state index in [2.05, 4.69) is 15.6 Å². The Bertz CT molecular complexity index is 791. The molecule has 0 aliphatic carbocycles. The minimum Gasteiger partial charge on any atom is -0.373 e. The lowest BCUT2D eigenvalue weighted by molar-refractivity contribution is -0.0440. The summed E-state index contributed by atoms with van der Waals surface area (Å²) in [7, 11) is -3.38. The number of sulfonamides is 1. The predicted octanol–water partition coefficient (Wildman–Crippen LogP) is 1.67. The zero-order valence-corrected chi connectivity index (χ0v) is 18.6. The van der Waals surface area contributed by atoms with Gasteiger partial charge in [0.1, 0.15) is 5.82 Å². The molecule has 1 aliphatic rings. The average Bonchev–Trinajstić information content (AvgIpc) is 2.62. The van der Waals surface area contributed by atoms with Crippen molar-refractivity contribution in [3.63, 3.8) is 0 Å². The van der Waals surface area contributed by atoms with E-state index in [0.717, 1.165) is 17.5 Å². The van der Waals surface area contributed by atoms with Crippen LogP contribution in [0.5, 0.6) is 0 Å². The van der Waals surface area contributed by atoms with E-state index in [1.54, 1.807) is 6.07 Å². The fourth-order valence-electron chi connectivity index (χ4n) is 3.36. The monoisotopic (exact) mass is 428 g/mol. The Kier molecular flexibility index (Phi) is 8.85. The van der Waals surface area contributed by atoms with Crippen molar-refractivity contribution in [2.24, 2.45) is 4.99 Å². The van der Waals surface area contributed by atoms with Crippen molar-refractivity contribution in [3.05, 3.63) is 35.1 Å². The van der Waals surface area contributed by atoms with E-state index in [9.17, 15) is 12.8 Å². The minimum absolute atomic E-state index is 0.0416. The number of benzene rings is 1. The lowest BCUT2D eigenvalue weighted by Gasteiger charge is -2.34. The van der Waals surface area contributed by atoms with Crippen LogP contribution in [0.25, 0.3) is 0 Å². The molecule has 7 nitrogen and oxygen atoms in total. The molecule has 1 aromatic carbocycles. The molecular formula is C20H33FN4O3S. The second-order valence-corrected chi connectivity index (χ2v) is 9.49. The number of halogens is 1. The number of guanidine groups is 1. The summed E-state index contributed by atoms with van der Waals surface area (Å²) in [6.45, 7) is 9.82. The van der Waals surface area contributed by atoms with Crippen LogP contribution in [0.4, 0.5) is 4.39 Å². The molecule has 9 heteroatoms. The number of rotatable bonds is 8. The molecule has 164 valence electrons. The van der Waals surface area contributed by atoms with Crippen molar-refractivity contribution in [3.8, 4) is 0 Å². The van der Waals surface area contributed by atoms with Gasteiger partial charge in [-0.1, -0.05) is 6.07 Å². The summed E-state index contributed by atoms with van der Waals surface area (Å²) in [6.07, 6.45) is 0.509. The normalized spacial score (nSPS) is 21.2. The summed E-state index contributed by atoms with van der Waals surface area (Å²) < 4.78 is 45.5. The van der Waals surface area contributed by atoms with Gasteiger partial charge in [-0.05, 0) is 57.4 Å². The number of aliphatic imine (C=N–C) groups is 1. The molecule has 0 bridgehead atoms. The van der Waals surface area contributed by atoms with Gasteiger partial charge in [0.2, 0.25) is 10.0 Å². The van der Waals surface area contributed by atoms with Gasteiger partial charge in [-0.3, -0.25) is 4.99 Å². The first-order valence-electron chi connectivity index (χ1n) is 10.1. The van der Waals surface area contributed by atoms with E-state index in [4.69, 9.17) is 4.74 Å². The predicted molar refractivity (Wildman–Crippen MR) is 114 cm³/mol. The SMILES string of the molecule is CCNC(=NCCS(=O)(=O)N1CC(C)OC(C)C1)NCCc1ccc(F)cc1C. The third-order valence-corrected chi connectivity index (χ3v) is 6.52. The van der Waals surface area contributed by atoms with Gasteiger partial charge in [0.25, 0.3) is 0 Å². The first kappa shape index (κ1) is 23.6. The van der Waals surface area contributed by atoms with E-state index in [1.165, 1.54) is 16.4 Å². The van der Waals surface area contributed by atoms with Crippen LogP contribution in [0.3, 0.4) is 0 Å². The van der Waals surface area contributed by atoms with E-state index in [0.29, 0.717) is 32.1 Å². The fourth-order valence-corrected chi connectivity index (χ4v) is 4.81. The van der Waals surface area contributed by atoms with E-state index < -0.39 is 10.0 Å². The fraction of sp³-hybridized carbons (Fsp3) is 0.650. The van der Waals surface area contributed by atoms with E-state index in [-0.39, 0.29) is 30.3 Å². The van der Waals surface area contributed by atoms with Gasteiger partial charge >= 0.3 is 0 Å². The Morgan fingerprint density at radius 3 is 2.59 bits per heavy atom. The number of ether oxygens (including phenoxy) is 1. The molecule has 1 aromatic rings. The van der Waals surface area contributed by atoms with E-state index in [1.807, 2.05) is 27.7 Å². The highest BCUT2D eigenvalue weighted by Gasteiger charge is 2.30. The lowest BCUT2D eigenvalue weighted by atomic mass is 10.1. The Balaban J connectivity index is 1.87. The summed E-state index contributed by atoms with van der Waals surface area (Å²) in [5.74, 6) is 0.297.